The van der Waals surface area contributed by atoms with Gasteiger partial charge in [0.05, 0.1) is 11.6 Å². The number of ether oxygens (including phenoxy) is 1. The van der Waals surface area contributed by atoms with Gasteiger partial charge in [0.2, 0.25) is 0 Å². The van der Waals surface area contributed by atoms with Crippen LogP contribution >= 0.6 is 23.2 Å². The molecule has 0 aromatic heterocycles. The highest BCUT2D eigenvalue weighted by Gasteiger charge is 2.16. The normalized spacial score (nSPS) is 14.4. The maximum Gasteiger partial charge on any atom is 0.142 e. The van der Waals surface area contributed by atoms with Crippen molar-refractivity contribution in [1.82, 2.24) is 0 Å². The average Bonchev–Trinajstić information content (AvgIpc) is 2.45. The highest BCUT2D eigenvalue weighted by molar-refractivity contribution is 6.43. The third-order valence-corrected chi connectivity index (χ3v) is 2.54. The van der Waals surface area contributed by atoms with E-state index in [0.29, 0.717) is 10.0 Å². The summed E-state index contributed by atoms with van der Waals surface area (Å²) in [5, 5.41) is 1.11. The van der Waals surface area contributed by atoms with Crippen LogP contribution in [0, 0.1) is 0 Å². The summed E-state index contributed by atoms with van der Waals surface area (Å²) >= 11 is 11.7. The molecular formula is C8H6Cl2O. The first-order valence-corrected chi connectivity index (χ1v) is 4.14. The molecule has 58 valence electrons. The molecule has 1 heterocycles. The highest BCUT2D eigenvalue weighted by Crippen LogP contribution is 2.38. The van der Waals surface area contributed by atoms with Gasteiger partial charge in [-0.1, -0.05) is 29.3 Å². The van der Waals surface area contributed by atoms with Crippen LogP contribution in [0.25, 0.3) is 0 Å². The zero-order valence-electron chi connectivity index (χ0n) is 5.73. The van der Waals surface area contributed by atoms with E-state index in [-0.39, 0.29) is 0 Å². The Labute approximate surface area is 74.9 Å². The molecule has 1 aliphatic heterocycles. The molecule has 0 N–H and O–H groups in total. The van der Waals surface area contributed by atoms with Gasteiger partial charge in [0.25, 0.3) is 0 Å². The Kier molecular flexibility index (Phi) is 1.70. The Morgan fingerprint density at radius 1 is 1.27 bits per heavy atom. The maximum absolute atomic E-state index is 5.88. The standard InChI is InChI=1S/C8H6Cl2O/c9-6-2-1-5-3-4-11-8(5)7(6)10/h1-2H,3-4H2. The first-order valence-electron chi connectivity index (χ1n) is 3.39. The fourth-order valence-corrected chi connectivity index (χ4v) is 1.58. The van der Waals surface area contributed by atoms with Crippen molar-refractivity contribution in [3.8, 4) is 5.75 Å². The van der Waals surface area contributed by atoms with E-state index in [0.717, 1.165) is 24.3 Å². The van der Waals surface area contributed by atoms with Crippen LogP contribution in [-0.2, 0) is 6.42 Å². The smallest absolute Gasteiger partial charge is 0.142 e. The summed E-state index contributed by atoms with van der Waals surface area (Å²) in [6.45, 7) is 0.718. The van der Waals surface area contributed by atoms with Gasteiger partial charge in [-0.2, -0.15) is 0 Å². The summed E-state index contributed by atoms with van der Waals surface area (Å²) in [4.78, 5) is 0. The molecule has 0 saturated heterocycles. The lowest BCUT2D eigenvalue weighted by Crippen LogP contribution is -1.86. The van der Waals surface area contributed by atoms with Gasteiger partial charge < -0.3 is 4.74 Å². The molecule has 0 spiro atoms. The summed E-state index contributed by atoms with van der Waals surface area (Å²) in [5.41, 5.74) is 1.15. The molecular weight excluding hydrogens is 183 g/mol. The molecule has 1 aliphatic rings. The lowest BCUT2D eigenvalue weighted by molar-refractivity contribution is 0.357. The van der Waals surface area contributed by atoms with Gasteiger partial charge >= 0.3 is 0 Å². The number of rotatable bonds is 0. The Hall–Kier alpha value is -0.400. The monoisotopic (exact) mass is 188 g/mol. The zero-order valence-corrected chi connectivity index (χ0v) is 7.24. The second-order valence-corrected chi connectivity index (χ2v) is 3.23. The molecule has 2 rings (SSSR count). The molecule has 0 unspecified atom stereocenters. The zero-order chi connectivity index (χ0) is 7.84. The van der Waals surface area contributed by atoms with Crippen LogP contribution in [-0.4, -0.2) is 6.61 Å². The predicted molar refractivity (Wildman–Crippen MR) is 45.7 cm³/mol. The van der Waals surface area contributed by atoms with Gasteiger partial charge in [0.15, 0.2) is 0 Å². The number of fused-ring (bicyclic) bond motifs is 1. The maximum atomic E-state index is 5.88. The van der Waals surface area contributed by atoms with Crippen molar-refractivity contribution in [2.45, 2.75) is 6.42 Å². The summed E-state index contributed by atoms with van der Waals surface area (Å²) in [6, 6.07) is 3.76. The van der Waals surface area contributed by atoms with Crippen LogP contribution < -0.4 is 4.74 Å². The van der Waals surface area contributed by atoms with E-state index in [1.807, 2.05) is 6.07 Å². The fourth-order valence-electron chi connectivity index (χ4n) is 1.19. The lowest BCUT2D eigenvalue weighted by Gasteiger charge is -2.02. The number of hydrogen-bond acceptors (Lipinski definition) is 1. The van der Waals surface area contributed by atoms with Crippen LogP contribution in [0.5, 0.6) is 5.75 Å². The quantitative estimate of drug-likeness (QED) is 0.609. The van der Waals surface area contributed by atoms with Crippen LogP contribution in [0.2, 0.25) is 10.0 Å². The molecule has 0 saturated carbocycles. The molecule has 0 bridgehead atoms. The van der Waals surface area contributed by atoms with E-state index in [1.54, 1.807) is 6.07 Å². The summed E-state index contributed by atoms with van der Waals surface area (Å²) in [6.07, 6.45) is 0.937. The molecule has 0 aliphatic carbocycles. The first-order chi connectivity index (χ1) is 5.29. The minimum atomic E-state index is 0.543. The fraction of sp³-hybridized carbons (Fsp3) is 0.250. The average molecular weight is 189 g/mol. The van der Waals surface area contributed by atoms with Gasteiger partial charge in [-0.3, -0.25) is 0 Å². The molecule has 1 aromatic rings. The molecule has 3 heteroatoms. The molecule has 0 fully saturated rings. The van der Waals surface area contributed by atoms with Crippen LogP contribution in [0.15, 0.2) is 12.1 Å². The third-order valence-electron chi connectivity index (χ3n) is 1.75. The minimum absolute atomic E-state index is 0.543. The second-order valence-electron chi connectivity index (χ2n) is 2.45. The molecule has 1 aromatic carbocycles. The molecule has 0 amide bonds. The van der Waals surface area contributed by atoms with E-state index in [9.17, 15) is 0 Å². The Morgan fingerprint density at radius 2 is 2.09 bits per heavy atom. The summed E-state index contributed by atoms with van der Waals surface area (Å²) in [7, 11) is 0. The summed E-state index contributed by atoms with van der Waals surface area (Å²) in [5.74, 6) is 0.763. The molecule has 11 heavy (non-hydrogen) atoms. The van der Waals surface area contributed by atoms with E-state index in [2.05, 4.69) is 0 Å². The van der Waals surface area contributed by atoms with Gasteiger partial charge in [0, 0.05) is 6.42 Å². The Bertz CT molecular complexity index is 296. The number of halogens is 2. The SMILES string of the molecule is Clc1ccc2c(c1Cl)OCC2. The van der Waals surface area contributed by atoms with Gasteiger partial charge in [0.1, 0.15) is 10.8 Å². The highest BCUT2D eigenvalue weighted by atomic mass is 35.5. The van der Waals surface area contributed by atoms with Crippen LogP contribution in [0.1, 0.15) is 5.56 Å². The molecule has 0 radical (unpaired) electrons. The van der Waals surface area contributed by atoms with Gasteiger partial charge in [-0.25, -0.2) is 0 Å². The van der Waals surface area contributed by atoms with Crippen molar-refractivity contribution >= 4 is 23.2 Å². The minimum Gasteiger partial charge on any atom is -0.491 e. The topological polar surface area (TPSA) is 9.23 Å². The van der Waals surface area contributed by atoms with Gasteiger partial charge in [-0.15, -0.1) is 0 Å². The lowest BCUT2D eigenvalue weighted by atomic mass is 10.2. The van der Waals surface area contributed by atoms with Crippen molar-refractivity contribution in [1.29, 1.82) is 0 Å². The van der Waals surface area contributed by atoms with Crippen LogP contribution in [0.4, 0.5) is 0 Å². The van der Waals surface area contributed by atoms with E-state index < -0.39 is 0 Å². The second kappa shape index (κ2) is 2.58. The van der Waals surface area contributed by atoms with Crippen molar-refractivity contribution in [2.24, 2.45) is 0 Å². The van der Waals surface area contributed by atoms with Crippen molar-refractivity contribution in [3.05, 3.63) is 27.7 Å². The van der Waals surface area contributed by atoms with Crippen molar-refractivity contribution in [3.63, 3.8) is 0 Å². The van der Waals surface area contributed by atoms with Crippen molar-refractivity contribution < 1.29 is 4.74 Å². The van der Waals surface area contributed by atoms with Crippen LogP contribution in [0.3, 0.4) is 0 Å². The Morgan fingerprint density at radius 3 is 2.91 bits per heavy atom. The Balaban J connectivity index is 2.62. The molecule has 1 nitrogen and oxygen atoms in total. The number of hydrogen-bond donors (Lipinski definition) is 0. The first kappa shape index (κ1) is 7.26. The van der Waals surface area contributed by atoms with E-state index in [4.69, 9.17) is 27.9 Å². The third kappa shape index (κ3) is 1.09. The van der Waals surface area contributed by atoms with Crippen molar-refractivity contribution in [2.75, 3.05) is 6.61 Å². The predicted octanol–water partition coefficient (Wildman–Crippen LogP) is 2.93. The van der Waals surface area contributed by atoms with Gasteiger partial charge in [-0.05, 0) is 11.6 Å². The largest absolute Gasteiger partial charge is 0.491 e. The molecule has 0 atom stereocenters. The number of benzene rings is 1. The van der Waals surface area contributed by atoms with E-state index in [1.165, 1.54) is 0 Å². The van der Waals surface area contributed by atoms with E-state index >= 15 is 0 Å². The summed E-state index contributed by atoms with van der Waals surface area (Å²) < 4.78 is 5.29.